The summed E-state index contributed by atoms with van der Waals surface area (Å²) in [6.45, 7) is 1.59. The lowest BCUT2D eigenvalue weighted by atomic mass is 10.0. The Balaban J connectivity index is 2.35. The molecule has 0 saturated carbocycles. The average molecular weight is 270 g/mol. The molecule has 0 aliphatic carbocycles. The molecule has 0 amide bonds. The summed E-state index contributed by atoms with van der Waals surface area (Å²) in [6, 6.07) is 9.93. The van der Waals surface area contributed by atoms with Gasteiger partial charge in [-0.15, -0.1) is 13.2 Å². The number of benzene rings is 2. The number of halogens is 4. The van der Waals surface area contributed by atoms with Crippen LogP contribution < -0.4 is 4.74 Å². The second-order valence-corrected chi connectivity index (χ2v) is 4.04. The molecular weight excluding hydrogens is 260 g/mol. The van der Waals surface area contributed by atoms with E-state index in [1.54, 1.807) is 19.1 Å². The second-order valence-electron chi connectivity index (χ2n) is 4.04. The second kappa shape index (κ2) is 4.91. The summed E-state index contributed by atoms with van der Waals surface area (Å²) in [6.07, 6.45) is -4.72. The highest BCUT2D eigenvalue weighted by Crippen LogP contribution is 2.28. The minimum absolute atomic E-state index is 0.299. The lowest BCUT2D eigenvalue weighted by Gasteiger charge is -2.10. The quantitative estimate of drug-likeness (QED) is 0.719. The number of aryl methyl sites for hydroxylation is 1. The maximum Gasteiger partial charge on any atom is 0.573 e. The van der Waals surface area contributed by atoms with Crippen molar-refractivity contribution in [3.63, 3.8) is 0 Å². The molecule has 100 valence electrons. The molecule has 0 aliphatic rings. The molecule has 0 saturated heterocycles. The van der Waals surface area contributed by atoms with Crippen molar-refractivity contribution in [3.05, 3.63) is 53.8 Å². The van der Waals surface area contributed by atoms with Crippen LogP contribution in [0.15, 0.2) is 42.5 Å². The third kappa shape index (κ3) is 3.47. The van der Waals surface area contributed by atoms with Gasteiger partial charge in [0, 0.05) is 0 Å². The van der Waals surface area contributed by atoms with Crippen molar-refractivity contribution in [2.24, 2.45) is 0 Å². The van der Waals surface area contributed by atoms with E-state index in [1.807, 2.05) is 0 Å². The number of alkyl halides is 3. The lowest BCUT2D eigenvalue weighted by molar-refractivity contribution is -0.274. The van der Waals surface area contributed by atoms with E-state index in [-0.39, 0.29) is 11.6 Å². The lowest BCUT2D eigenvalue weighted by Crippen LogP contribution is -2.17. The first-order valence-electron chi connectivity index (χ1n) is 5.47. The summed E-state index contributed by atoms with van der Waals surface area (Å²) in [7, 11) is 0. The Kier molecular flexibility index (Phi) is 3.46. The monoisotopic (exact) mass is 270 g/mol. The summed E-state index contributed by atoms with van der Waals surface area (Å²) in [4.78, 5) is 0. The first kappa shape index (κ1) is 13.4. The molecule has 0 unspecified atom stereocenters. The third-order valence-corrected chi connectivity index (χ3v) is 2.56. The van der Waals surface area contributed by atoms with E-state index in [1.165, 1.54) is 30.3 Å². The summed E-state index contributed by atoms with van der Waals surface area (Å²) in [5.41, 5.74) is 1.59. The Bertz CT molecular complexity index is 590. The van der Waals surface area contributed by atoms with Crippen LogP contribution in [0, 0.1) is 12.7 Å². The molecule has 2 aromatic carbocycles. The van der Waals surface area contributed by atoms with Gasteiger partial charge in [-0.2, -0.15) is 0 Å². The molecule has 1 nitrogen and oxygen atoms in total. The van der Waals surface area contributed by atoms with Crippen LogP contribution in [0.4, 0.5) is 17.6 Å². The predicted molar refractivity (Wildman–Crippen MR) is 63.3 cm³/mol. The van der Waals surface area contributed by atoms with Crippen molar-refractivity contribution < 1.29 is 22.3 Å². The Morgan fingerprint density at radius 3 is 2.26 bits per heavy atom. The van der Waals surface area contributed by atoms with Gasteiger partial charge in [0.25, 0.3) is 0 Å². The fourth-order valence-electron chi connectivity index (χ4n) is 1.70. The molecule has 0 bridgehead atoms. The van der Waals surface area contributed by atoms with Crippen LogP contribution in [0.1, 0.15) is 5.56 Å². The van der Waals surface area contributed by atoms with Gasteiger partial charge in [-0.1, -0.05) is 18.2 Å². The smallest absolute Gasteiger partial charge is 0.406 e. The topological polar surface area (TPSA) is 9.23 Å². The van der Waals surface area contributed by atoms with Gasteiger partial charge < -0.3 is 4.74 Å². The van der Waals surface area contributed by atoms with Crippen LogP contribution in [0.25, 0.3) is 11.1 Å². The van der Waals surface area contributed by atoms with E-state index in [0.29, 0.717) is 16.7 Å². The van der Waals surface area contributed by atoms with Crippen molar-refractivity contribution in [1.29, 1.82) is 0 Å². The predicted octanol–water partition coefficient (Wildman–Crippen LogP) is 4.70. The molecular formula is C14H10F4O. The van der Waals surface area contributed by atoms with E-state index in [9.17, 15) is 17.6 Å². The molecule has 0 aromatic heterocycles. The number of ether oxygens (including phenoxy) is 1. The SMILES string of the molecule is Cc1cc(-c2cccc(OC(F)(F)F)c2)ccc1F. The molecule has 19 heavy (non-hydrogen) atoms. The minimum atomic E-state index is -4.72. The van der Waals surface area contributed by atoms with E-state index < -0.39 is 6.36 Å². The third-order valence-electron chi connectivity index (χ3n) is 2.56. The Morgan fingerprint density at radius 1 is 0.947 bits per heavy atom. The molecule has 2 aromatic rings. The summed E-state index contributed by atoms with van der Waals surface area (Å²) in [5, 5.41) is 0. The Hall–Kier alpha value is -2.04. The normalized spacial score (nSPS) is 11.4. The number of hydrogen-bond acceptors (Lipinski definition) is 1. The van der Waals surface area contributed by atoms with Crippen molar-refractivity contribution >= 4 is 0 Å². The van der Waals surface area contributed by atoms with Crippen LogP contribution in [-0.2, 0) is 0 Å². The molecule has 5 heteroatoms. The van der Waals surface area contributed by atoms with Gasteiger partial charge in [0.2, 0.25) is 0 Å². The fourth-order valence-corrected chi connectivity index (χ4v) is 1.70. The van der Waals surface area contributed by atoms with Gasteiger partial charge >= 0.3 is 6.36 Å². The molecule has 2 rings (SSSR count). The first-order chi connectivity index (χ1) is 8.85. The van der Waals surface area contributed by atoms with Gasteiger partial charge in [0.15, 0.2) is 0 Å². The van der Waals surface area contributed by atoms with Gasteiger partial charge in [0.05, 0.1) is 0 Å². The zero-order valence-electron chi connectivity index (χ0n) is 9.96. The average Bonchev–Trinajstić information content (AvgIpc) is 2.31. The molecule has 0 fully saturated rings. The molecule has 0 N–H and O–H groups in total. The van der Waals surface area contributed by atoms with Crippen LogP contribution in [0.5, 0.6) is 5.75 Å². The van der Waals surface area contributed by atoms with E-state index >= 15 is 0 Å². The fraction of sp³-hybridized carbons (Fsp3) is 0.143. The summed E-state index contributed by atoms with van der Waals surface area (Å²) < 4.78 is 53.3. The standard InChI is InChI=1S/C14H10F4O/c1-9-7-11(5-6-13(9)15)10-3-2-4-12(8-10)19-14(16,17)18/h2-8H,1H3. The highest BCUT2D eigenvalue weighted by molar-refractivity contribution is 5.65. The van der Waals surface area contributed by atoms with Crippen molar-refractivity contribution in [2.75, 3.05) is 0 Å². The van der Waals surface area contributed by atoms with Gasteiger partial charge in [-0.05, 0) is 47.9 Å². The van der Waals surface area contributed by atoms with Crippen LogP contribution >= 0.6 is 0 Å². The van der Waals surface area contributed by atoms with Gasteiger partial charge in [-0.25, -0.2) is 4.39 Å². The van der Waals surface area contributed by atoms with Crippen LogP contribution in [0.3, 0.4) is 0 Å². The first-order valence-corrected chi connectivity index (χ1v) is 5.47. The molecule has 0 aliphatic heterocycles. The van der Waals surface area contributed by atoms with Crippen LogP contribution in [-0.4, -0.2) is 6.36 Å². The molecule has 0 radical (unpaired) electrons. The van der Waals surface area contributed by atoms with E-state index in [2.05, 4.69) is 4.74 Å². The zero-order chi connectivity index (χ0) is 14.0. The van der Waals surface area contributed by atoms with E-state index in [4.69, 9.17) is 0 Å². The highest BCUT2D eigenvalue weighted by Gasteiger charge is 2.31. The number of rotatable bonds is 2. The van der Waals surface area contributed by atoms with Gasteiger partial charge in [0.1, 0.15) is 11.6 Å². The summed E-state index contributed by atoms with van der Waals surface area (Å²) >= 11 is 0. The maximum atomic E-state index is 13.1. The highest BCUT2D eigenvalue weighted by atomic mass is 19.4. The largest absolute Gasteiger partial charge is 0.573 e. The van der Waals surface area contributed by atoms with Crippen molar-refractivity contribution in [1.82, 2.24) is 0 Å². The maximum absolute atomic E-state index is 13.1. The Morgan fingerprint density at radius 2 is 1.63 bits per heavy atom. The molecule has 0 atom stereocenters. The van der Waals surface area contributed by atoms with Crippen molar-refractivity contribution in [2.45, 2.75) is 13.3 Å². The molecule has 0 heterocycles. The number of hydrogen-bond donors (Lipinski definition) is 0. The van der Waals surface area contributed by atoms with Gasteiger partial charge in [-0.3, -0.25) is 0 Å². The van der Waals surface area contributed by atoms with E-state index in [0.717, 1.165) is 0 Å². The van der Waals surface area contributed by atoms with Crippen LogP contribution in [0.2, 0.25) is 0 Å². The summed E-state index contributed by atoms with van der Waals surface area (Å²) in [5.74, 6) is -0.654. The zero-order valence-corrected chi connectivity index (χ0v) is 9.96. The molecule has 0 spiro atoms. The van der Waals surface area contributed by atoms with Crippen molar-refractivity contribution in [3.8, 4) is 16.9 Å². The Labute approximate surface area is 107 Å². The minimum Gasteiger partial charge on any atom is -0.406 e.